The van der Waals surface area contributed by atoms with Crippen molar-refractivity contribution in [2.24, 2.45) is 5.92 Å². The van der Waals surface area contributed by atoms with Crippen LogP contribution in [0.3, 0.4) is 0 Å². The average Bonchev–Trinajstić information content (AvgIpc) is 3.09. The number of carbonyl (C=O) groups excluding carboxylic acids is 1. The predicted molar refractivity (Wildman–Crippen MR) is 82.8 cm³/mol. The summed E-state index contributed by atoms with van der Waals surface area (Å²) in [6, 6.07) is 5.91. The summed E-state index contributed by atoms with van der Waals surface area (Å²) in [4.78, 5) is 16.5. The summed E-state index contributed by atoms with van der Waals surface area (Å²) in [6.07, 6.45) is 4.58. The van der Waals surface area contributed by atoms with Crippen molar-refractivity contribution < 1.29 is 9.32 Å². The van der Waals surface area contributed by atoms with E-state index in [1.807, 2.05) is 25.1 Å². The minimum absolute atomic E-state index is 0.190. The van der Waals surface area contributed by atoms with Crippen LogP contribution in [0.5, 0.6) is 0 Å². The third kappa shape index (κ3) is 3.23. The molecule has 110 valence electrons. The van der Waals surface area contributed by atoms with Gasteiger partial charge in [-0.1, -0.05) is 33.9 Å². The molecule has 0 N–H and O–H groups in total. The van der Waals surface area contributed by atoms with E-state index in [1.165, 1.54) is 0 Å². The van der Waals surface area contributed by atoms with Gasteiger partial charge >= 0.3 is 0 Å². The first-order chi connectivity index (χ1) is 10.1. The van der Waals surface area contributed by atoms with Crippen LogP contribution >= 0.6 is 15.9 Å². The first-order valence-electron chi connectivity index (χ1n) is 7.25. The molecular weight excluding hydrogens is 332 g/mol. The van der Waals surface area contributed by atoms with Crippen LogP contribution in [0.4, 0.5) is 0 Å². The van der Waals surface area contributed by atoms with Crippen LogP contribution in [0, 0.1) is 12.8 Å². The summed E-state index contributed by atoms with van der Waals surface area (Å²) in [5, 5.41) is 4.00. The van der Waals surface area contributed by atoms with Crippen LogP contribution in [0.15, 0.2) is 27.2 Å². The van der Waals surface area contributed by atoms with Gasteiger partial charge in [0.05, 0.1) is 6.42 Å². The lowest BCUT2D eigenvalue weighted by atomic mass is 10.0. The van der Waals surface area contributed by atoms with Crippen LogP contribution < -0.4 is 0 Å². The summed E-state index contributed by atoms with van der Waals surface area (Å²) in [5.41, 5.74) is 2.00. The van der Waals surface area contributed by atoms with Crippen molar-refractivity contribution in [2.75, 3.05) is 0 Å². The Morgan fingerprint density at radius 3 is 2.86 bits per heavy atom. The van der Waals surface area contributed by atoms with Gasteiger partial charge in [0.25, 0.3) is 0 Å². The highest BCUT2D eigenvalue weighted by molar-refractivity contribution is 9.10. The van der Waals surface area contributed by atoms with Crippen LogP contribution in [0.1, 0.15) is 37.1 Å². The Kier molecular flexibility index (Phi) is 4.19. The smallest absolute Gasteiger partial charge is 0.234 e. The maximum Gasteiger partial charge on any atom is 0.234 e. The normalized spacial score (nSPS) is 15.5. The molecule has 1 heterocycles. The summed E-state index contributed by atoms with van der Waals surface area (Å²) in [5.74, 6) is 1.39. The molecule has 1 fully saturated rings. The molecule has 0 spiro atoms. The lowest BCUT2D eigenvalue weighted by Gasteiger charge is -2.04. The van der Waals surface area contributed by atoms with Gasteiger partial charge in [0.2, 0.25) is 11.7 Å². The van der Waals surface area contributed by atoms with Crippen LogP contribution in [0.25, 0.3) is 11.4 Å². The molecule has 3 rings (SSSR count). The number of Topliss-reactive ketones (excluding diaryl/α,β-unsaturated/α-hetero) is 1. The largest absolute Gasteiger partial charge is 0.339 e. The Morgan fingerprint density at radius 1 is 1.38 bits per heavy atom. The summed E-state index contributed by atoms with van der Waals surface area (Å²) < 4.78 is 6.26. The third-order valence-electron chi connectivity index (χ3n) is 4.03. The van der Waals surface area contributed by atoms with E-state index in [1.54, 1.807) is 0 Å². The van der Waals surface area contributed by atoms with Crippen molar-refractivity contribution >= 4 is 21.7 Å². The minimum atomic E-state index is 0.190. The van der Waals surface area contributed by atoms with E-state index in [4.69, 9.17) is 4.52 Å². The van der Waals surface area contributed by atoms with Crippen molar-refractivity contribution in [3.05, 3.63) is 34.1 Å². The topological polar surface area (TPSA) is 56.0 Å². The molecule has 0 saturated heterocycles. The number of aromatic nitrogens is 2. The molecule has 2 aromatic rings. The van der Waals surface area contributed by atoms with Crippen molar-refractivity contribution in [3.8, 4) is 11.4 Å². The fourth-order valence-corrected chi connectivity index (χ4v) is 3.33. The number of benzene rings is 1. The van der Waals surface area contributed by atoms with Crippen LogP contribution in [0.2, 0.25) is 0 Å². The third-order valence-corrected chi connectivity index (χ3v) is 4.53. The SMILES string of the molecule is Cc1cc(Br)ccc1-c1noc(CC(=O)C2CCCC2)n1. The molecule has 0 atom stereocenters. The van der Waals surface area contributed by atoms with E-state index >= 15 is 0 Å². The molecular formula is C16H17BrN2O2. The van der Waals surface area contributed by atoms with Gasteiger partial charge in [0, 0.05) is 16.0 Å². The van der Waals surface area contributed by atoms with Gasteiger partial charge in [-0.15, -0.1) is 0 Å². The summed E-state index contributed by atoms with van der Waals surface area (Å²) >= 11 is 3.44. The number of aryl methyl sites for hydroxylation is 1. The summed E-state index contributed by atoms with van der Waals surface area (Å²) in [7, 11) is 0. The second kappa shape index (κ2) is 6.10. The van der Waals surface area contributed by atoms with Crippen molar-refractivity contribution in [3.63, 3.8) is 0 Å². The molecule has 0 amide bonds. The number of rotatable bonds is 4. The maximum absolute atomic E-state index is 12.1. The molecule has 5 heteroatoms. The van der Waals surface area contributed by atoms with E-state index < -0.39 is 0 Å². The van der Waals surface area contributed by atoms with E-state index in [-0.39, 0.29) is 18.1 Å². The van der Waals surface area contributed by atoms with E-state index in [0.717, 1.165) is 41.3 Å². The maximum atomic E-state index is 12.1. The fraction of sp³-hybridized carbons (Fsp3) is 0.438. The van der Waals surface area contributed by atoms with Crippen molar-refractivity contribution in [1.82, 2.24) is 10.1 Å². The van der Waals surface area contributed by atoms with Gasteiger partial charge in [-0.2, -0.15) is 4.98 Å². The molecule has 0 radical (unpaired) electrons. The van der Waals surface area contributed by atoms with Gasteiger partial charge < -0.3 is 4.52 Å². The monoisotopic (exact) mass is 348 g/mol. The van der Waals surface area contributed by atoms with E-state index in [2.05, 4.69) is 26.1 Å². The standard InChI is InChI=1S/C16H17BrN2O2/c1-10-8-12(17)6-7-13(10)16-18-15(21-19-16)9-14(20)11-4-2-3-5-11/h6-8,11H,2-5,9H2,1H3. The molecule has 1 aliphatic carbocycles. The molecule has 21 heavy (non-hydrogen) atoms. The second-order valence-electron chi connectivity index (χ2n) is 5.60. The zero-order valence-electron chi connectivity index (χ0n) is 11.9. The zero-order chi connectivity index (χ0) is 14.8. The average molecular weight is 349 g/mol. The molecule has 1 aromatic carbocycles. The Labute approximate surface area is 132 Å². The van der Waals surface area contributed by atoms with E-state index in [9.17, 15) is 4.79 Å². The number of halogens is 1. The molecule has 1 aromatic heterocycles. The molecule has 4 nitrogen and oxygen atoms in total. The Balaban J connectivity index is 1.75. The lowest BCUT2D eigenvalue weighted by molar-refractivity contribution is -0.122. The van der Waals surface area contributed by atoms with Gasteiger partial charge in [-0.25, -0.2) is 0 Å². The van der Waals surface area contributed by atoms with Crippen molar-refractivity contribution in [2.45, 2.75) is 39.0 Å². The number of hydrogen-bond donors (Lipinski definition) is 0. The number of carbonyl (C=O) groups is 1. The highest BCUT2D eigenvalue weighted by Crippen LogP contribution is 2.27. The number of hydrogen-bond acceptors (Lipinski definition) is 4. The van der Waals surface area contributed by atoms with Crippen LogP contribution in [-0.4, -0.2) is 15.9 Å². The fourth-order valence-electron chi connectivity index (χ4n) is 2.86. The molecule has 1 saturated carbocycles. The first-order valence-corrected chi connectivity index (χ1v) is 8.04. The Bertz CT molecular complexity index is 660. The zero-order valence-corrected chi connectivity index (χ0v) is 13.5. The molecule has 1 aliphatic rings. The quantitative estimate of drug-likeness (QED) is 0.834. The van der Waals surface area contributed by atoms with Crippen LogP contribution in [-0.2, 0) is 11.2 Å². The Hall–Kier alpha value is -1.49. The minimum Gasteiger partial charge on any atom is -0.339 e. The van der Waals surface area contributed by atoms with Gasteiger partial charge in [-0.3, -0.25) is 4.79 Å². The first kappa shape index (κ1) is 14.4. The highest BCUT2D eigenvalue weighted by atomic mass is 79.9. The predicted octanol–water partition coefficient (Wildman–Crippen LogP) is 4.11. The van der Waals surface area contributed by atoms with E-state index in [0.29, 0.717) is 11.7 Å². The number of nitrogens with zero attached hydrogens (tertiary/aromatic N) is 2. The van der Waals surface area contributed by atoms with Gasteiger partial charge in [-0.05, 0) is 43.5 Å². The van der Waals surface area contributed by atoms with Crippen molar-refractivity contribution in [1.29, 1.82) is 0 Å². The lowest BCUT2D eigenvalue weighted by Crippen LogP contribution is -2.13. The Morgan fingerprint density at radius 2 is 2.14 bits per heavy atom. The molecule has 0 aliphatic heterocycles. The molecule has 0 bridgehead atoms. The summed E-state index contributed by atoms with van der Waals surface area (Å²) in [6.45, 7) is 2.00. The second-order valence-corrected chi connectivity index (χ2v) is 6.51. The van der Waals surface area contributed by atoms with Gasteiger partial charge in [0.15, 0.2) is 0 Å². The van der Waals surface area contributed by atoms with Gasteiger partial charge in [0.1, 0.15) is 5.78 Å². The highest BCUT2D eigenvalue weighted by Gasteiger charge is 2.24. The number of ketones is 1. The molecule has 0 unspecified atom stereocenters.